The lowest BCUT2D eigenvalue weighted by Gasteiger charge is -2.34. The smallest absolute Gasteiger partial charge is 0.310 e. The molecule has 0 radical (unpaired) electrons. The molecule has 3 heteroatoms. The zero-order chi connectivity index (χ0) is 9.84. The second-order valence-electron chi connectivity index (χ2n) is 3.81. The number of hydrogen-bond acceptors (Lipinski definition) is 3. The Bertz CT molecular complexity index is 178. The second-order valence-corrected chi connectivity index (χ2v) is 3.81. The van der Waals surface area contributed by atoms with Crippen LogP contribution in [0, 0.1) is 11.8 Å². The maximum Gasteiger partial charge on any atom is 0.310 e. The molecule has 2 unspecified atom stereocenters. The van der Waals surface area contributed by atoms with Crippen molar-refractivity contribution in [3.8, 4) is 0 Å². The van der Waals surface area contributed by atoms with Crippen LogP contribution in [0.15, 0.2) is 0 Å². The summed E-state index contributed by atoms with van der Waals surface area (Å²) in [7, 11) is 1.43. The van der Waals surface area contributed by atoms with Gasteiger partial charge in [-0.1, -0.05) is 13.3 Å². The van der Waals surface area contributed by atoms with Crippen LogP contribution in [0.2, 0.25) is 0 Å². The number of nitrogens with two attached hydrogens (primary N) is 1. The highest BCUT2D eigenvalue weighted by Crippen LogP contribution is 2.32. The van der Waals surface area contributed by atoms with Crippen molar-refractivity contribution < 1.29 is 9.53 Å². The molecule has 0 aliphatic heterocycles. The topological polar surface area (TPSA) is 52.3 Å². The van der Waals surface area contributed by atoms with Gasteiger partial charge in [-0.3, -0.25) is 4.79 Å². The summed E-state index contributed by atoms with van der Waals surface area (Å²) in [6.07, 6.45) is 4.39. The first-order valence-corrected chi connectivity index (χ1v) is 5.04. The van der Waals surface area contributed by atoms with Crippen molar-refractivity contribution in [3.05, 3.63) is 0 Å². The van der Waals surface area contributed by atoms with E-state index in [1.54, 1.807) is 0 Å². The second kappa shape index (κ2) is 4.61. The Morgan fingerprint density at radius 2 is 2.23 bits per heavy atom. The van der Waals surface area contributed by atoms with Gasteiger partial charge in [0.15, 0.2) is 0 Å². The van der Waals surface area contributed by atoms with Crippen LogP contribution in [-0.2, 0) is 9.53 Å². The maximum atomic E-state index is 11.3. The van der Waals surface area contributed by atoms with E-state index in [2.05, 4.69) is 0 Å². The molecule has 1 fully saturated rings. The predicted octanol–water partition coefficient (Wildman–Crippen LogP) is 1.31. The molecule has 0 bridgehead atoms. The van der Waals surface area contributed by atoms with E-state index in [9.17, 15) is 4.79 Å². The van der Waals surface area contributed by atoms with Gasteiger partial charge < -0.3 is 10.5 Å². The minimum atomic E-state index is -0.151. The highest BCUT2D eigenvalue weighted by molar-refractivity contribution is 5.73. The van der Waals surface area contributed by atoms with E-state index in [1.165, 1.54) is 26.4 Å². The van der Waals surface area contributed by atoms with Crippen LogP contribution in [-0.4, -0.2) is 19.1 Å². The Balaban J connectivity index is 2.48. The van der Waals surface area contributed by atoms with Crippen LogP contribution in [0.3, 0.4) is 0 Å². The highest BCUT2D eigenvalue weighted by atomic mass is 16.5. The van der Waals surface area contributed by atoms with Crippen molar-refractivity contribution in [2.45, 2.75) is 38.6 Å². The first kappa shape index (κ1) is 10.5. The van der Waals surface area contributed by atoms with Crippen molar-refractivity contribution in [1.82, 2.24) is 0 Å². The molecule has 0 amide bonds. The van der Waals surface area contributed by atoms with E-state index >= 15 is 0 Å². The van der Waals surface area contributed by atoms with Gasteiger partial charge in [-0.2, -0.15) is 0 Å². The number of carbonyl (C=O) groups is 1. The minimum Gasteiger partial charge on any atom is -0.469 e. The molecule has 0 spiro atoms. The zero-order valence-electron chi connectivity index (χ0n) is 8.45. The fourth-order valence-electron chi connectivity index (χ4n) is 1.90. The average Bonchev–Trinajstić information content (AvgIpc) is 2.02. The monoisotopic (exact) mass is 185 g/mol. The van der Waals surface area contributed by atoms with Crippen molar-refractivity contribution in [2.24, 2.45) is 17.6 Å². The van der Waals surface area contributed by atoms with Gasteiger partial charge in [-0.25, -0.2) is 0 Å². The molecule has 0 heterocycles. The molecule has 1 saturated carbocycles. The lowest BCUT2D eigenvalue weighted by atomic mass is 9.75. The Morgan fingerprint density at radius 1 is 1.62 bits per heavy atom. The number of methoxy groups -OCH3 is 1. The van der Waals surface area contributed by atoms with Crippen LogP contribution >= 0.6 is 0 Å². The molecule has 76 valence electrons. The number of esters is 1. The molecular formula is C10H19NO2. The van der Waals surface area contributed by atoms with E-state index in [1.807, 2.05) is 6.92 Å². The third-order valence-electron chi connectivity index (χ3n) is 3.10. The van der Waals surface area contributed by atoms with Crippen molar-refractivity contribution in [1.29, 1.82) is 0 Å². The van der Waals surface area contributed by atoms with E-state index < -0.39 is 0 Å². The molecule has 2 atom stereocenters. The third-order valence-corrected chi connectivity index (χ3v) is 3.10. The van der Waals surface area contributed by atoms with E-state index in [0.717, 1.165) is 6.42 Å². The standard InChI is InChI=1S/C10H19NO2/c1-3-8(10(12)13-2)9(11)7-5-4-6-7/h7-9H,3-6,11H2,1-2H3. The van der Waals surface area contributed by atoms with Crippen molar-refractivity contribution >= 4 is 5.97 Å². The number of ether oxygens (including phenoxy) is 1. The Hall–Kier alpha value is -0.570. The van der Waals surface area contributed by atoms with E-state index in [4.69, 9.17) is 10.5 Å². The maximum absolute atomic E-state index is 11.3. The summed E-state index contributed by atoms with van der Waals surface area (Å²) in [6, 6.07) is 0.00574. The van der Waals surface area contributed by atoms with Crippen molar-refractivity contribution in [2.75, 3.05) is 7.11 Å². The molecule has 1 rings (SSSR count). The molecule has 0 saturated heterocycles. The number of rotatable bonds is 4. The van der Waals surface area contributed by atoms with Gasteiger partial charge in [0.05, 0.1) is 13.0 Å². The van der Waals surface area contributed by atoms with Gasteiger partial charge in [0.25, 0.3) is 0 Å². The molecule has 0 aromatic heterocycles. The fourth-order valence-corrected chi connectivity index (χ4v) is 1.90. The van der Waals surface area contributed by atoms with Crippen LogP contribution < -0.4 is 5.73 Å². The lowest BCUT2D eigenvalue weighted by molar-refractivity contribution is -0.147. The van der Waals surface area contributed by atoms with Gasteiger partial charge in [0.2, 0.25) is 0 Å². The van der Waals surface area contributed by atoms with Crippen LogP contribution in [0.4, 0.5) is 0 Å². The van der Waals surface area contributed by atoms with E-state index in [0.29, 0.717) is 5.92 Å². The van der Waals surface area contributed by atoms with Gasteiger partial charge >= 0.3 is 5.97 Å². The Morgan fingerprint density at radius 3 is 2.54 bits per heavy atom. The van der Waals surface area contributed by atoms with Crippen molar-refractivity contribution in [3.63, 3.8) is 0 Å². The van der Waals surface area contributed by atoms with Crippen LogP contribution in [0.5, 0.6) is 0 Å². The average molecular weight is 185 g/mol. The SMILES string of the molecule is CCC(C(=O)OC)C(N)C1CCC1. The number of carbonyl (C=O) groups excluding carboxylic acids is 1. The lowest BCUT2D eigenvalue weighted by Crippen LogP contribution is -2.44. The molecule has 2 N–H and O–H groups in total. The van der Waals surface area contributed by atoms with Gasteiger partial charge in [0, 0.05) is 6.04 Å². The number of hydrogen-bond donors (Lipinski definition) is 1. The van der Waals surface area contributed by atoms with Crippen LogP contribution in [0.1, 0.15) is 32.6 Å². The summed E-state index contributed by atoms with van der Waals surface area (Å²) in [6.45, 7) is 1.99. The summed E-state index contributed by atoms with van der Waals surface area (Å²) < 4.78 is 4.72. The largest absolute Gasteiger partial charge is 0.469 e. The molecular weight excluding hydrogens is 166 g/mol. The van der Waals surface area contributed by atoms with Crippen LogP contribution in [0.25, 0.3) is 0 Å². The third kappa shape index (κ3) is 2.21. The molecule has 1 aliphatic carbocycles. The fraction of sp³-hybridized carbons (Fsp3) is 0.900. The highest BCUT2D eigenvalue weighted by Gasteiger charge is 2.33. The van der Waals surface area contributed by atoms with Gasteiger partial charge in [-0.05, 0) is 25.2 Å². The molecule has 0 aromatic rings. The molecule has 1 aliphatic rings. The quantitative estimate of drug-likeness (QED) is 0.672. The molecule has 0 aromatic carbocycles. The summed E-state index contributed by atoms with van der Waals surface area (Å²) in [4.78, 5) is 11.3. The predicted molar refractivity (Wildman–Crippen MR) is 51.1 cm³/mol. The Labute approximate surface area is 79.6 Å². The van der Waals surface area contributed by atoms with Gasteiger partial charge in [0.1, 0.15) is 0 Å². The molecule has 13 heavy (non-hydrogen) atoms. The Kier molecular flexibility index (Phi) is 3.72. The first-order valence-electron chi connectivity index (χ1n) is 5.04. The summed E-state index contributed by atoms with van der Waals surface area (Å²) in [5.41, 5.74) is 6.01. The summed E-state index contributed by atoms with van der Waals surface area (Å²) >= 11 is 0. The normalized spacial score (nSPS) is 21.8. The van der Waals surface area contributed by atoms with E-state index in [-0.39, 0.29) is 17.9 Å². The summed E-state index contributed by atoms with van der Waals surface area (Å²) in [5.74, 6) is 0.293. The summed E-state index contributed by atoms with van der Waals surface area (Å²) in [5, 5.41) is 0. The minimum absolute atomic E-state index is 0.00574. The van der Waals surface area contributed by atoms with Gasteiger partial charge in [-0.15, -0.1) is 0 Å². The molecule has 3 nitrogen and oxygen atoms in total. The zero-order valence-corrected chi connectivity index (χ0v) is 8.45. The first-order chi connectivity index (χ1) is 6.20.